The number of aliphatic hydroxyl groups is 4. The second-order valence-electron chi connectivity index (χ2n) is 4.48. The number of aliphatic hydroxyl groups excluding tert-OH is 4. The highest BCUT2D eigenvalue weighted by Gasteiger charge is 2.17. The van der Waals surface area contributed by atoms with Gasteiger partial charge in [-0.1, -0.05) is 13.8 Å². The highest BCUT2D eigenvalue weighted by atomic mass is 16.3. The fourth-order valence-corrected chi connectivity index (χ4v) is 1.38. The number of nitrogens with zero attached hydrogens (tertiary/aromatic N) is 1. The molecular formula is C11H25NO4. The average molecular weight is 235 g/mol. The van der Waals surface area contributed by atoms with Gasteiger partial charge in [-0.05, 0) is 12.3 Å². The Bertz CT molecular complexity index is 166. The molecule has 0 saturated heterocycles. The van der Waals surface area contributed by atoms with E-state index in [0.717, 1.165) is 0 Å². The zero-order valence-electron chi connectivity index (χ0n) is 10.2. The summed E-state index contributed by atoms with van der Waals surface area (Å²) in [5.74, 6) is 0.155. The quantitative estimate of drug-likeness (QED) is 0.414. The first kappa shape index (κ1) is 15.8. The predicted molar refractivity (Wildman–Crippen MR) is 62.1 cm³/mol. The normalized spacial score (nSPS) is 15.8. The van der Waals surface area contributed by atoms with Gasteiger partial charge in [0.25, 0.3) is 0 Å². The van der Waals surface area contributed by atoms with Gasteiger partial charge in [0, 0.05) is 26.2 Å². The Morgan fingerprint density at radius 2 is 1.69 bits per heavy atom. The zero-order chi connectivity index (χ0) is 12.6. The summed E-state index contributed by atoms with van der Waals surface area (Å²) in [6, 6.07) is 0. The van der Waals surface area contributed by atoms with Crippen LogP contribution in [0.4, 0.5) is 0 Å². The van der Waals surface area contributed by atoms with Gasteiger partial charge in [0.15, 0.2) is 0 Å². The number of hydrogen-bond donors (Lipinski definition) is 4. The van der Waals surface area contributed by atoms with Crippen molar-refractivity contribution in [2.24, 2.45) is 5.92 Å². The highest BCUT2D eigenvalue weighted by molar-refractivity contribution is 4.70. The van der Waals surface area contributed by atoms with E-state index in [4.69, 9.17) is 10.2 Å². The molecule has 0 aliphatic carbocycles. The molecule has 5 nitrogen and oxygen atoms in total. The molecule has 0 aliphatic heterocycles. The third-order valence-electron chi connectivity index (χ3n) is 2.53. The van der Waals surface area contributed by atoms with Crippen LogP contribution in [0.5, 0.6) is 0 Å². The fraction of sp³-hybridized carbons (Fsp3) is 1.00. The van der Waals surface area contributed by atoms with E-state index in [9.17, 15) is 10.2 Å². The van der Waals surface area contributed by atoms with E-state index in [1.165, 1.54) is 0 Å². The van der Waals surface area contributed by atoms with E-state index >= 15 is 0 Å². The fourth-order valence-electron chi connectivity index (χ4n) is 1.38. The molecule has 2 atom stereocenters. The summed E-state index contributed by atoms with van der Waals surface area (Å²) < 4.78 is 0. The maximum Gasteiger partial charge on any atom is 0.0897 e. The molecule has 0 saturated carbocycles. The van der Waals surface area contributed by atoms with Crippen LogP contribution in [0.15, 0.2) is 0 Å². The molecule has 0 aromatic heterocycles. The molecule has 0 heterocycles. The van der Waals surface area contributed by atoms with E-state index < -0.39 is 12.2 Å². The summed E-state index contributed by atoms with van der Waals surface area (Å²) in [5, 5.41) is 36.6. The van der Waals surface area contributed by atoms with Gasteiger partial charge in [-0.15, -0.1) is 0 Å². The lowest BCUT2D eigenvalue weighted by Gasteiger charge is -2.27. The van der Waals surface area contributed by atoms with Crippen molar-refractivity contribution in [1.82, 2.24) is 4.90 Å². The minimum Gasteiger partial charge on any atom is -0.396 e. The SMILES string of the molecule is CC(C)C(O)CN(CCCO)CC(O)CO. The van der Waals surface area contributed by atoms with Crippen LogP contribution in [-0.2, 0) is 0 Å². The Morgan fingerprint density at radius 1 is 1.06 bits per heavy atom. The van der Waals surface area contributed by atoms with Crippen LogP contribution < -0.4 is 0 Å². The second kappa shape index (κ2) is 8.90. The van der Waals surface area contributed by atoms with E-state index in [0.29, 0.717) is 26.1 Å². The van der Waals surface area contributed by atoms with Gasteiger partial charge in [-0.3, -0.25) is 4.90 Å². The molecule has 0 spiro atoms. The van der Waals surface area contributed by atoms with Crippen molar-refractivity contribution < 1.29 is 20.4 Å². The summed E-state index contributed by atoms with van der Waals surface area (Å²) in [6.45, 7) is 5.04. The monoisotopic (exact) mass is 235 g/mol. The Labute approximate surface area is 97.3 Å². The number of hydrogen-bond acceptors (Lipinski definition) is 5. The zero-order valence-corrected chi connectivity index (χ0v) is 10.2. The molecule has 0 aromatic rings. The first-order valence-corrected chi connectivity index (χ1v) is 5.81. The van der Waals surface area contributed by atoms with Gasteiger partial charge in [0.05, 0.1) is 18.8 Å². The molecule has 0 amide bonds. The Balaban J connectivity index is 4.08. The Morgan fingerprint density at radius 3 is 2.12 bits per heavy atom. The molecule has 0 aromatic carbocycles. The molecule has 0 radical (unpaired) electrons. The van der Waals surface area contributed by atoms with E-state index in [-0.39, 0.29) is 19.1 Å². The highest BCUT2D eigenvalue weighted by Crippen LogP contribution is 2.05. The largest absolute Gasteiger partial charge is 0.396 e. The van der Waals surface area contributed by atoms with Crippen molar-refractivity contribution in [1.29, 1.82) is 0 Å². The van der Waals surface area contributed by atoms with E-state index in [1.807, 2.05) is 18.7 Å². The minimum atomic E-state index is -0.793. The maximum atomic E-state index is 9.73. The van der Waals surface area contributed by atoms with Crippen molar-refractivity contribution in [3.05, 3.63) is 0 Å². The van der Waals surface area contributed by atoms with Crippen molar-refractivity contribution >= 4 is 0 Å². The third kappa shape index (κ3) is 7.14. The molecule has 4 N–H and O–H groups in total. The van der Waals surface area contributed by atoms with Crippen LogP contribution in [0.3, 0.4) is 0 Å². The molecule has 0 bridgehead atoms. The van der Waals surface area contributed by atoms with Crippen LogP contribution in [0.1, 0.15) is 20.3 Å². The molecule has 5 heteroatoms. The Kier molecular flexibility index (Phi) is 8.78. The molecule has 16 heavy (non-hydrogen) atoms. The van der Waals surface area contributed by atoms with Crippen LogP contribution in [-0.4, -0.2) is 70.4 Å². The van der Waals surface area contributed by atoms with Crippen molar-refractivity contribution in [3.8, 4) is 0 Å². The smallest absolute Gasteiger partial charge is 0.0897 e. The lowest BCUT2D eigenvalue weighted by Crippen LogP contribution is -2.41. The molecular weight excluding hydrogens is 210 g/mol. The standard InChI is InChI=1S/C11H25NO4/c1-9(2)11(16)7-12(4-3-5-13)6-10(15)8-14/h9-11,13-16H,3-8H2,1-2H3. The summed E-state index contributed by atoms with van der Waals surface area (Å²) in [7, 11) is 0. The molecule has 0 aliphatic rings. The predicted octanol–water partition coefficient (Wildman–Crippen LogP) is -0.959. The summed E-state index contributed by atoms with van der Waals surface area (Å²) >= 11 is 0. The van der Waals surface area contributed by atoms with Crippen molar-refractivity contribution in [2.75, 3.05) is 32.8 Å². The van der Waals surface area contributed by atoms with Gasteiger partial charge in [0.1, 0.15) is 0 Å². The van der Waals surface area contributed by atoms with Crippen LogP contribution in [0, 0.1) is 5.92 Å². The summed E-state index contributed by atoms with van der Waals surface area (Å²) in [4.78, 5) is 1.86. The van der Waals surface area contributed by atoms with Gasteiger partial charge < -0.3 is 20.4 Å². The first-order chi connectivity index (χ1) is 7.51. The second-order valence-corrected chi connectivity index (χ2v) is 4.48. The Hall–Kier alpha value is -0.200. The first-order valence-electron chi connectivity index (χ1n) is 5.81. The van der Waals surface area contributed by atoms with Crippen LogP contribution in [0.2, 0.25) is 0 Å². The maximum absolute atomic E-state index is 9.73. The molecule has 98 valence electrons. The minimum absolute atomic E-state index is 0.0868. The molecule has 0 rings (SSSR count). The average Bonchev–Trinajstić information content (AvgIpc) is 2.25. The van der Waals surface area contributed by atoms with Gasteiger partial charge in [0.2, 0.25) is 0 Å². The van der Waals surface area contributed by atoms with Crippen molar-refractivity contribution in [2.45, 2.75) is 32.5 Å². The van der Waals surface area contributed by atoms with E-state index in [2.05, 4.69) is 0 Å². The van der Waals surface area contributed by atoms with Crippen LogP contribution >= 0.6 is 0 Å². The molecule has 0 fully saturated rings. The lowest BCUT2D eigenvalue weighted by atomic mass is 10.1. The van der Waals surface area contributed by atoms with Gasteiger partial charge >= 0.3 is 0 Å². The van der Waals surface area contributed by atoms with Crippen LogP contribution in [0.25, 0.3) is 0 Å². The lowest BCUT2D eigenvalue weighted by molar-refractivity contribution is 0.0263. The summed E-state index contributed by atoms with van der Waals surface area (Å²) in [5.41, 5.74) is 0. The van der Waals surface area contributed by atoms with Crippen molar-refractivity contribution in [3.63, 3.8) is 0 Å². The van der Waals surface area contributed by atoms with Gasteiger partial charge in [-0.2, -0.15) is 0 Å². The topological polar surface area (TPSA) is 84.2 Å². The number of rotatable bonds is 9. The van der Waals surface area contributed by atoms with Gasteiger partial charge in [-0.25, -0.2) is 0 Å². The molecule has 2 unspecified atom stereocenters. The third-order valence-corrected chi connectivity index (χ3v) is 2.53. The summed E-state index contributed by atoms with van der Waals surface area (Å²) in [6.07, 6.45) is -0.647. The van der Waals surface area contributed by atoms with E-state index in [1.54, 1.807) is 0 Å².